The van der Waals surface area contributed by atoms with E-state index in [0.717, 1.165) is 50.9 Å². The van der Waals surface area contributed by atoms with E-state index in [4.69, 9.17) is 0 Å². The second-order valence-electron chi connectivity index (χ2n) is 6.12. The second-order valence-corrected chi connectivity index (χ2v) is 6.12. The molecule has 1 N–H and O–H groups in total. The number of carbonyl (C=O) groups excluding carboxylic acids is 1. The quantitative estimate of drug-likeness (QED) is 0.900. The fraction of sp³-hybridized carbons (Fsp3) is 0.562. The third kappa shape index (κ3) is 3.01. The van der Waals surface area contributed by atoms with E-state index in [1.165, 1.54) is 12.1 Å². The molecule has 1 aromatic rings. The summed E-state index contributed by atoms with van der Waals surface area (Å²) < 4.78 is 12.9. The molecule has 0 unspecified atom stereocenters. The van der Waals surface area contributed by atoms with E-state index in [1.54, 1.807) is 0 Å². The summed E-state index contributed by atoms with van der Waals surface area (Å²) in [5, 5.41) is 3.22. The first-order valence-corrected chi connectivity index (χ1v) is 7.43. The van der Waals surface area contributed by atoms with Crippen LogP contribution in [0.1, 0.15) is 37.7 Å². The first-order valence-electron chi connectivity index (χ1n) is 7.43. The minimum atomic E-state index is -0.191. The molecule has 3 rings (SSSR count). The predicted octanol–water partition coefficient (Wildman–Crippen LogP) is 2.46. The van der Waals surface area contributed by atoms with Gasteiger partial charge in [-0.3, -0.25) is 9.69 Å². The number of rotatable bonds is 2. The number of halogens is 1. The zero-order valence-corrected chi connectivity index (χ0v) is 11.7. The van der Waals surface area contributed by atoms with Crippen LogP contribution in [0.3, 0.4) is 0 Å². The molecule has 108 valence electrons. The van der Waals surface area contributed by atoms with Crippen LogP contribution in [0.4, 0.5) is 4.39 Å². The molecular formula is C16H21FN2O. The van der Waals surface area contributed by atoms with Crippen molar-refractivity contribution in [1.29, 1.82) is 0 Å². The average Bonchev–Trinajstić information content (AvgIpc) is 2.41. The molecule has 2 heterocycles. The highest BCUT2D eigenvalue weighted by molar-refractivity contribution is 5.77. The van der Waals surface area contributed by atoms with Gasteiger partial charge < -0.3 is 5.32 Å². The maximum atomic E-state index is 12.9. The van der Waals surface area contributed by atoms with Crippen LogP contribution in [-0.2, 0) is 11.3 Å². The van der Waals surface area contributed by atoms with Gasteiger partial charge in [0.25, 0.3) is 0 Å². The van der Waals surface area contributed by atoms with Crippen molar-refractivity contribution >= 4 is 5.91 Å². The molecule has 2 fully saturated rings. The second kappa shape index (κ2) is 5.52. The van der Waals surface area contributed by atoms with Crippen molar-refractivity contribution in [3.05, 3.63) is 35.6 Å². The third-order valence-corrected chi connectivity index (χ3v) is 4.44. The third-order valence-electron chi connectivity index (χ3n) is 4.44. The molecule has 0 bridgehead atoms. The number of carbonyl (C=O) groups is 1. The van der Waals surface area contributed by atoms with E-state index < -0.39 is 0 Å². The van der Waals surface area contributed by atoms with Crippen molar-refractivity contribution in [2.45, 2.75) is 44.2 Å². The Morgan fingerprint density at radius 2 is 1.95 bits per heavy atom. The van der Waals surface area contributed by atoms with Crippen LogP contribution in [-0.4, -0.2) is 29.4 Å². The first-order chi connectivity index (χ1) is 9.65. The molecule has 1 aromatic carbocycles. The van der Waals surface area contributed by atoms with Gasteiger partial charge in [0.2, 0.25) is 5.91 Å². The lowest BCUT2D eigenvalue weighted by molar-refractivity contribution is -0.126. The van der Waals surface area contributed by atoms with Crippen LogP contribution < -0.4 is 5.32 Å². The summed E-state index contributed by atoms with van der Waals surface area (Å²) in [6.45, 7) is 2.79. The van der Waals surface area contributed by atoms with Gasteiger partial charge in [-0.1, -0.05) is 12.1 Å². The van der Waals surface area contributed by atoms with E-state index in [1.807, 2.05) is 12.1 Å². The van der Waals surface area contributed by atoms with Crippen LogP contribution in [0.15, 0.2) is 24.3 Å². The number of piperidine rings is 2. The fourth-order valence-corrected chi connectivity index (χ4v) is 3.52. The van der Waals surface area contributed by atoms with Crippen molar-refractivity contribution in [1.82, 2.24) is 10.2 Å². The SMILES string of the molecule is O=C1CCC[C@]2(CCCN(Cc3ccc(F)cc3)C2)N1. The van der Waals surface area contributed by atoms with Gasteiger partial charge in [-0.05, 0) is 49.9 Å². The molecule has 2 saturated heterocycles. The Hall–Kier alpha value is -1.42. The molecule has 1 atom stereocenters. The van der Waals surface area contributed by atoms with Crippen molar-refractivity contribution in [2.75, 3.05) is 13.1 Å². The largest absolute Gasteiger partial charge is 0.349 e. The first kappa shape index (κ1) is 13.6. The number of nitrogens with one attached hydrogen (secondary N) is 1. The number of nitrogens with zero attached hydrogens (tertiary/aromatic N) is 1. The minimum absolute atomic E-state index is 0.0202. The molecule has 4 heteroatoms. The summed E-state index contributed by atoms with van der Waals surface area (Å²) >= 11 is 0. The molecule has 1 amide bonds. The normalized spacial score (nSPS) is 27.6. The maximum absolute atomic E-state index is 12.9. The molecule has 0 saturated carbocycles. The number of hydrogen-bond donors (Lipinski definition) is 1. The number of amides is 1. The van der Waals surface area contributed by atoms with Crippen molar-refractivity contribution in [3.63, 3.8) is 0 Å². The summed E-state index contributed by atoms with van der Waals surface area (Å²) in [4.78, 5) is 14.0. The van der Waals surface area contributed by atoms with Gasteiger partial charge in [0.15, 0.2) is 0 Å². The van der Waals surface area contributed by atoms with Crippen LogP contribution in [0.2, 0.25) is 0 Å². The number of benzene rings is 1. The van der Waals surface area contributed by atoms with Crippen molar-refractivity contribution in [2.24, 2.45) is 0 Å². The fourth-order valence-electron chi connectivity index (χ4n) is 3.52. The average molecular weight is 276 g/mol. The molecule has 3 nitrogen and oxygen atoms in total. The Kier molecular flexibility index (Phi) is 3.74. The molecular weight excluding hydrogens is 255 g/mol. The van der Waals surface area contributed by atoms with Crippen LogP contribution >= 0.6 is 0 Å². The van der Waals surface area contributed by atoms with E-state index in [-0.39, 0.29) is 17.3 Å². The molecule has 0 aromatic heterocycles. The Morgan fingerprint density at radius 3 is 2.70 bits per heavy atom. The molecule has 0 radical (unpaired) electrons. The van der Waals surface area contributed by atoms with Gasteiger partial charge in [0.05, 0.1) is 5.54 Å². The lowest BCUT2D eigenvalue weighted by Crippen LogP contribution is -2.60. The van der Waals surface area contributed by atoms with Crippen LogP contribution in [0.25, 0.3) is 0 Å². The van der Waals surface area contributed by atoms with Crippen LogP contribution in [0, 0.1) is 5.82 Å². The van der Waals surface area contributed by atoms with Gasteiger partial charge in [0, 0.05) is 19.5 Å². The lowest BCUT2D eigenvalue weighted by Gasteiger charge is -2.45. The summed E-state index contributed by atoms with van der Waals surface area (Å²) in [6, 6.07) is 6.71. The topological polar surface area (TPSA) is 32.3 Å². The van der Waals surface area contributed by atoms with Gasteiger partial charge in [-0.25, -0.2) is 4.39 Å². The van der Waals surface area contributed by atoms with Gasteiger partial charge in [0.1, 0.15) is 5.82 Å². The van der Waals surface area contributed by atoms with E-state index in [2.05, 4.69) is 10.2 Å². The van der Waals surface area contributed by atoms with E-state index >= 15 is 0 Å². The Labute approximate surface area is 119 Å². The summed E-state index contributed by atoms with van der Waals surface area (Å²) in [7, 11) is 0. The Morgan fingerprint density at radius 1 is 1.20 bits per heavy atom. The number of likely N-dealkylation sites (tertiary alicyclic amines) is 1. The molecule has 2 aliphatic rings. The Balaban J connectivity index is 1.65. The summed E-state index contributed by atoms with van der Waals surface area (Å²) in [6.07, 6.45) is 4.94. The minimum Gasteiger partial charge on any atom is -0.349 e. The highest BCUT2D eigenvalue weighted by Gasteiger charge is 2.38. The van der Waals surface area contributed by atoms with Crippen molar-refractivity contribution < 1.29 is 9.18 Å². The zero-order chi connectivity index (χ0) is 14.0. The lowest BCUT2D eigenvalue weighted by atomic mass is 9.81. The summed E-state index contributed by atoms with van der Waals surface area (Å²) in [5.74, 6) is 0.00305. The number of hydrogen-bond acceptors (Lipinski definition) is 2. The molecule has 20 heavy (non-hydrogen) atoms. The Bertz CT molecular complexity index is 484. The molecule has 2 aliphatic heterocycles. The van der Waals surface area contributed by atoms with E-state index in [9.17, 15) is 9.18 Å². The highest BCUT2D eigenvalue weighted by Crippen LogP contribution is 2.30. The van der Waals surface area contributed by atoms with Gasteiger partial charge >= 0.3 is 0 Å². The molecule has 0 aliphatic carbocycles. The smallest absolute Gasteiger partial charge is 0.220 e. The standard InChI is InChI=1S/C16H21FN2O/c17-14-6-4-13(5-7-14)11-19-10-2-9-16(12-19)8-1-3-15(20)18-16/h4-7H,1-3,8-12H2,(H,18,20)/t16-/m1/s1. The van der Waals surface area contributed by atoms with Gasteiger partial charge in [-0.15, -0.1) is 0 Å². The van der Waals surface area contributed by atoms with Gasteiger partial charge in [-0.2, -0.15) is 0 Å². The zero-order valence-electron chi connectivity index (χ0n) is 11.7. The highest BCUT2D eigenvalue weighted by atomic mass is 19.1. The van der Waals surface area contributed by atoms with Crippen molar-refractivity contribution in [3.8, 4) is 0 Å². The summed E-state index contributed by atoms with van der Waals surface area (Å²) in [5.41, 5.74) is 1.11. The molecule has 1 spiro atoms. The monoisotopic (exact) mass is 276 g/mol. The van der Waals surface area contributed by atoms with E-state index in [0.29, 0.717) is 6.42 Å². The predicted molar refractivity (Wildman–Crippen MR) is 75.6 cm³/mol. The maximum Gasteiger partial charge on any atom is 0.220 e. The van der Waals surface area contributed by atoms with Crippen LogP contribution in [0.5, 0.6) is 0 Å².